The molecule has 0 amide bonds. The van der Waals surface area contributed by atoms with E-state index in [0.717, 1.165) is 0 Å². The summed E-state index contributed by atoms with van der Waals surface area (Å²) in [4.78, 5) is 0. The van der Waals surface area contributed by atoms with Gasteiger partial charge in [0.1, 0.15) is 16.7 Å². The normalized spacial score (nSPS) is 14.2. The molecule has 0 aliphatic carbocycles. The number of nitrogens with zero attached hydrogens (tertiary/aromatic N) is 1. The lowest BCUT2D eigenvalue weighted by Gasteiger charge is -2.15. The van der Waals surface area contributed by atoms with Crippen molar-refractivity contribution >= 4 is 15.5 Å². The molecule has 0 bridgehead atoms. The molecule has 1 aromatic carbocycles. The zero-order valence-electron chi connectivity index (χ0n) is 10.8. The van der Waals surface area contributed by atoms with Gasteiger partial charge in [-0.1, -0.05) is 12.1 Å². The van der Waals surface area contributed by atoms with E-state index in [-0.39, 0.29) is 11.5 Å². The van der Waals surface area contributed by atoms with E-state index in [1.54, 1.807) is 24.3 Å². The molecule has 0 aromatic heterocycles. The molecule has 0 saturated heterocycles. The monoisotopic (exact) mass is 287 g/mol. The second kappa shape index (κ2) is 6.53. The first-order chi connectivity index (χ1) is 9.00. The van der Waals surface area contributed by atoms with E-state index in [1.165, 1.54) is 14.0 Å². The van der Waals surface area contributed by atoms with Crippen molar-refractivity contribution in [2.24, 2.45) is 5.16 Å². The van der Waals surface area contributed by atoms with Gasteiger partial charge in [-0.25, -0.2) is 8.42 Å². The summed E-state index contributed by atoms with van der Waals surface area (Å²) in [7, 11) is -2.05. The molecule has 0 heterocycles. The lowest BCUT2D eigenvalue weighted by molar-refractivity contribution is 0.296. The van der Waals surface area contributed by atoms with Gasteiger partial charge in [-0.15, -0.1) is 0 Å². The van der Waals surface area contributed by atoms with Gasteiger partial charge in [0, 0.05) is 11.3 Å². The molecule has 0 aliphatic rings. The quantitative estimate of drug-likeness (QED) is 0.455. The summed E-state index contributed by atoms with van der Waals surface area (Å²) in [5, 5.41) is 20.1. The Hall–Kier alpha value is -1.60. The number of hydrogen-bond acceptors (Lipinski definition) is 6. The highest BCUT2D eigenvalue weighted by Crippen LogP contribution is 2.16. The third-order valence-electron chi connectivity index (χ3n) is 2.80. The van der Waals surface area contributed by atoms with Crippen LogP contribution >= 0.6 is 0 Å². The smallest absolute Gasteiger partial charge is 0.161 e. The number of aliphatic hydroxyl groups excluding tert-OH is 1. The lowest BCUT2D eigenvalue weighted by atomic mass is 10.1. The van der Waals surface area contributed by atoms with Crippen molar-refractivity contribution in [3.05, 3.63) is 29.8 Å². The molecular weight excluding hydrogens is 270 g/mol. The molecule has 0 unspecified atom stereocenters. The first-order valence-corrected chi connectivity index (χ1v) is 7.40. The molecule has 0 spiro atoms. The van der Waals surface area contributed by atoms with Crippen LogP contribution in [0.5, 0.6) is 5.75 Å². The number of hydrogen-bond donors (Lipinski definition) is 2. The van der Waals surface area contributed by atoms with Crippen LogP contribution in [0, 0.1) is 0 Å². The lowest BCUT2D eigenvalue weighted by Crippen LogP contribution is -2.35. The number of rotatable bonds is 6. The molecule has 6 nitrogen and oxygen atoms in total. The molecule has 1 aromatic rings. The van der Waals surface area contributed by atoms with Crippen molar-refractivity contribution < 1.29 is 23.5 Å². The number of sulfone groups is 1. The number of ether oxygens (including phenoxy) is 1. The predicted octanol–water partition coefficient (Wildman–Crippen LogP) is 0.669. The van der Waals surface area contributed by atoms with Crippen LogP contribution < -0.4 is 4.74 Å². The van der Waals surface area contributed by atoms with E-state index in [1.807, 2.05) is 0 Å². The second-order valence-corrected chi connectivity index (χ2v) is 6.31. The van der Waals surface area contributed by atoms with E-state index in [0.29, 0.717) is 11.3 Å². The summed E-state index contributed by atoms with van der Waals surface area (Å²) in [6.45, 7) is 0.836. The fraction of sp³-hybridized carbons (Fsp3) is 0.417. The predicted molar refractivity (Wildman–Crippen MR) is 71.7 cm³/mol. The second-order valence-electron chi connectivity index (χ2n) is 3.84. The molecule has 19 heavy (non-hydrogen) atoms. The van der Waals surface area contributed by atoms with Crippen molar-refractivity contribution in [1.29, 1.82) is 0 Å². The van der Waals surface area contributed by atoms with Crippen molar-refractivity contribution in [3.63, 3.8) is 0 Å². The highest BCUT2D eigenvalue weighted by Gasteiger charge is 2.30. The Bertz CT molecular complexity index is 536. The van der Waals surface area contributed by atoms with E-state index >= 15 is 0 Å². The Morgan fingerprint density at radius 2 is 1.95 bits per heavy atom. The van der Waals surface area contributed by atoms with Gasteiger partial charge < -0.3 is 15.1 Å². The van der Waals surface area contributed by atoms with Crippen molar-refractivity contribution in [2.75, 3.05) is 19.5 Å². The number of benzene rings is 1. The first kappa shape index (κ1) is 15.5. The van der Waals surface area contributed by atoms with Crippen molar-refractivity contribution in [2.45, 2.75) is 12.2 Å². The summed E-state index contributed by atoms with van der Waals surface area (Å²) in [6, 6.07) is 6.38. The minimum Gasteiger partial charge on any atom is -0.497 e. The Morgan fingerprint density at radius 1 is 1.37 bits per heavy atom. The molecular formula is C12H17NO5S. The summed E-state index contributed by atoms with van der Waals surface area (Å²) in [5.41, 5.74) is 0.339. The molecule has 0 radical (unpaired) electrons. The highest BCUT2D eigenvalue weighted by molar-refractivity contribution is 7.92. The Balaban J connectivity index is 3.19. The van der Waals surface area contributed by atoms with Crippen LogP contribution in [0.25, 0.3) is 0 Å². The summed E-state index contributed by atoms with van der Waals surface area (Å²) in [6.07, 6.45) is 0. The van der Waals surface area contributed by atoms with Crippen molar-refractivity contribution in [3.8, 4) is 5.75 Å². The highest BCUT2D eigenvalue weighted by atomic mass is 32.2. The largest absolute Gasteiger partial charge is 0.497 e. The Labute approximate surface area is 112 Å². The van der Waals surface area contributed by atoms with Crippen LogP contribution in [0.1, 0.15) is 12.5 Å². The standard InChI is InChI=1S/C12H17NO5S/c1-3-19(16,17)11(8-14)12(13-15)9-4-6-10(18-2)7-5-9/h4-7,11,14-15H,3,8H2,1-2H3/b13-12-/t11-/m0/s1. The number of methoxy groups -OCH3 is 1. The average Bonchev–Trinajstić information content (AvgIpc) is 2.44. The molecule has 2 N–H and O–H groups in total. The fourth-order valence-electron chi connectivity index (χ4n) is 1.64. The zero-order valence-corrected chi connectivity index (χ0v) is 11.6. The summed E-state index contributed by atoms with van der Waals surface area (Å²) in [5.74, 6) is 0.452. The van der Waals surface area contributed by atoms with E-state index in [4.69, 9.17) is 9.94 Å². The number of aliphatic hydroxyl groups is 1. The van der Waals surface area contributed by atoms with Gasteiger partial charge in [-0.05, 0) is 24.3 Å². The van der Waals surface area contributed by atoms with Gasteiger partial charge in [-0.3, -0.25) is 0 Å². The molecule has 0 saturated carbocycles. The Kier molecular flexibility index (Phi) is 5.31. The number of oxime groups is 1. The van der Waals surface area contributed by atoms with Crippen LogP contribution in [0.3, 0.4) is 0 Å². The molecule has 0 aliphatic heterocycles. The molecule has 1 atom stereocenters. The maximum atomic E-state index is 11.9. The molecule has 1 rings (SSSR count). The van der Waals surface area contributed by atoms with E-state index < -0.39 is 21.7 Å². The molecule has 7 heteroatoms. The zero-order chi connectivity index (χ0) is 14.5. The topological polar surface area (TPSA) is 96.2 Å². The van der Waals surface area contributed by atoms with Crippen molar-refractivity contribution in [1.82, 2.24) is 0 Å². The minimum absolute atomic E-state index is 0.0768. The first-order valence-electron chi connectivity index (χ1n) is 5.69. The van der Waals surface area contributed by atoms with Crippen LogP contribution in [-0.4, -0.2) is 49.2 Å². The van der Waals surface area contributed by atoms with Crippen LogP contribution in [0.15, 0.2) is 29.4 Å². The van der Waals surface area contributed by atoms with E-state index in [9.17, 15) is 13.5 Å². The van der Waals surface area contributed by atoms with Crippen LogP contribution in [0.2, 0.25) is 0 Å². The molecule has 106 valence electrons. The van der Waals surface area contributed by atoms with Gasteiger partial charge in [0.15, 0.2) is 9.84 Å². The van der Waals surface area contributed by atoms with Crippen LogP contribution in [0.4, 0.5) is 0 Å². The van der Waals surface area contributed by atoms with Crippen LogP contribution in [-0.2, 0) is 9.84 Å². The third-order valence-corrected chi connectivity index (χ3v) is 4.84. The maximum Gasteiger partial charge on any atom is 0.161 e. The fourth-order valence-corrected chi connectivity index (χ4v) is 2.79. The van der Waals surface area contributed by atoms with Gasteiger partial charge in [0.25, 0.3) is 0 Å². The third kappa shape index (κ3) is 3.45. The van der Waals surface area contributed by atoms with Gasteiger partial charge >= 0.3 is 0 Å². The van der Waals surface area contributed by atoms with Gasteiger partial charge in [0.2, 0.25) is 0 Å². The average molecular weight is 287 g/mol. The molecule has 0 fully saturated rings. The SMILES string of the molecule is CCS(=O)(=O)[C@@H](CO)/C(=N\O)c1ccc(OC)cc1. The van der Waals surface area contributed by atoms with E-state index in [2.05, 4.69) is 5.16 Å². The maximum absolute atomic E-state index is 11.9. The Morgan fingerprint density at radius 3 is 2.32 bits per heavy atom. The summed E-state index contributed by atoms with van der Waals surface area (Å²) < 4.78 is 28.7. The summed E-state index contributed by atoms with van der Waals surface area (Å²) >= 11 is 0. The minimum atomic E-state index is -3.56. The van der Waals surface area contributed by atoms with Gasteiger partial charge in [0.05, 0.1) is 13.7 Å². The van der Waals surface area contributed by atoms with Gasteiger partial charge in [-0.2, -0.15) is 0 Å².